The smallest absolute Gasteiger partial charge is 0.306 e. The predicted molar refractivity (Wildman–Crippen MR) is 189 cm³/mol. The van der Waals surface area contributed by atoms with E-state index in [1.807, 2.05) is 62.1 Å². The molecule has 254 valence electrons. The maximum Gasteiger partial charge on any atom is 0.306 e. The van der Waals surface area contributed by atoms with Crippen LogP contribution in [0.4, 0.5) is 0 Å². The van der Waals surface area contributed by atoms with Crippen molar-refractivity contribution in [1.29, 1.82) is 0 Å². The van der Waals surface area contributed by atoms with Gasteiger partial charge in [-0.2, -0.15) is 0 Å². The largest absolute Gasteiger partial charge is 0.490 e. The molecule has 1 aliphatic carbocycles. The van der Waals surface area contributed by atoms with E-state index in [2.05, 4.69) is 5.32 Å². The van der Waals surface area contributed by atoms with Gasteiger partial charge in [-0.3, -0.25) is 9.59 Å². The lowest BCUT2D eigenvalue weighted by molar-refractivity contribution is -0.143. The first-order chi connectivity index (χ1) is 22.5. The van der Waals surface area contributed by atoms with E-state index in [0.29, 0.717) is 64.1 Å². The second kappa shape index (κ2) is 17.6. The molecule has 1 amide bonds. The summed E-state index contributed by atoms with van der Waals surface area (Å²) in [7, 11) is 0. The van der Waals surface area contributed by atoms with Crippen molar-refractivity contribution in [3.05, 3.63) is 91.4 Å². The van der Waals surface area contributed by atoms with Crippen molar-refractivity contribution in [2.45, 2.75) is 59.0 Å². The number of halogens is 4. The second-order valence-corrected chi connectivity index (χ2v) is 14.0. The van der Waals surface area contributed by atoms with Gasteiger partial charge < -0.3 is 24.8 Å². The summed E-state index contributed by atoms with van der Waals surface area (Å²) in [6.07, 6.45) is 2.73. The molecule has 1 fully saturated rings. The highest BCUT2D eigenvalue weighted by molar-refractivity contribution is 6.42. The molecule has 0 spiro atoms. The summed E-state index contributed by atoms with van der Waals surface area (Å²) in [5.74, 6) is -0.656. The van der Waals surface area contributed by atoms with E-state index in [1.54, 1.807) is 18.2 Å². The number of rotatable bonds is 18. The van der Waals surface area contributed by atoms with Crippen molar-refractivity contribution in [2.75, 3.05) is 26.3 Å². The average molecular weight is 725 g/mol. The third-order valence-electron chi connectivity index (χ3n) is 8.31. The average Bonchev–Trinajstić information content (AvgIpc) is 3.85. The number of para-hydroxylation sites is 1. The van der Waals surface area contributed by atoms with Gasteiger partial charge in [0.1, 0.15) is 19.0 Å². The lowest BCUT2D eigenvalue weighted by Crippen LogP contribution is -2.42. The van der Waals surface area contributed by atoms with Crippen LogP contribution in [-0.4, -0.2) is 54.2 Å². The van der Waals surface area contributed by atoms with Gasteiger partial charge in [0.05, 0.1) is 31.9 Å². The van der Waals surface area contributed by atoms with E-state index >= 15 is 0 Å². The summed E-state index contributed by atoms with van der Waals surface area (Å²) < 4.78 is 12.0. The fourth-order valence-corrected chi connectivity index (χ4v) is 6.67. The zero-order valence-electron chi connectivity index (χ0n) is 26.9. The van der Waals surface area contributed by atoms with E-state index in [0.717, 1.165) is 29.5 Å². The highest BCUT2D eigenvalue weighted by Crippen LogP contribution is 2.35. The number of benzene rings is 3. The van der Waals surface area contributed by atoms with Crippen molar-refractivity contribution >= 4 is 58.3 Å². The van der Waals surface area contributed by atoms with Crippen LogP contribution in [0, 0.1) is 24.7 Å². The van der Waals surface area contributed by atoms with Gasteiger partial charge in [-0.05, 0) is 86.0 Å². The topological polar surface area (TPSA) is 88.1 Å². The number of amides is 1. The molecule has 0 heterocycles. The third-order valence-corrected chi connectivity index (χ3v) is 9.73. The highest BCUT2D eigenvalue weighted by atomic mass is 35.5. The number of ether oxygens (including phenoxy) is 2. The summed E-state index contributed by atoms with van der Waals surface area (Å²) in [5.41, 5.74) is 2.61. The predicted octanol–water partition coefficient (Wildman–Crippen LogP) is 8.75. The molecule has 1 saturated carbocycles. The van der Waals surface area contributed by atoms with Crippen molar-refractivity contribution < 1.29 is 24.2 Å². The molecule has 0 saturated heterocycles. The Kier molecular flexibility index (Phi) is 13.9. The maximum atomic E-state index is 14.3. The Morgan fingerprint density at radius 3 is 2.26 bits per heavy atom. The molecule has 1 aliphatic rings. The van der Waals surface area contributed by atoms with Gasteiger partial charge in [-0.1, -0.05) is 90.6 Å². The fraction of sp³-hybridized carbons (Fsp3) is 0.444. The molecule has 0 bridgehead atoms. The normalized spacial score (nSPS) is 14.1. The number of carbonyl (C=O) groups excluding carboxylic acids is 1. The molecule has 11 heteroatoms. The molecule has 3 aromatic rings. The summed E-state index contributed by atoms with van der Waals surface area (Å²) in [6.45, 7) is 7.38. The maximum absolute atomic E-state index is 14.3. The Hall–Kier alpha value is -2.68. The van der Waals surface area contributed by atoms with Crippen LogP contribution in [-0.2, 0) is 22.6 Å². The monoisotopic (exact) mass is 722 g/mol. The van der Waals surface area contributed by atoms with Crippen LogP contribution in [0.1, 0.15) is 49.8 Å². The molecular formula is C36H42Cl4N2O5. The Balaban J connectivity index is 1.49. The molecule has 3 aromatic carbocycles. The van der Waals surface area contributed by atoms with Crippen LogP contribution in [0.2, 0.25) is 20.1 Å². The van der Waals surface area contributed by atoms with Crippen LogP contribution < -0.4 is 14.8 Å². The molecule has 0 aromatic heterocycles. The zero-order valence-corrected chi connectivity index (χ0v) is 29.9. The molecule has 47 heavy (non-hydrogen) atoms. The minimum atomic E-state index is -0.810. The van der Waals surface area contributed by atoms with Gasteiger partial charge in [0, 0.05) is 19.1 Å². The summed E-state index contributed by atoms with van der Waals surface area (Å²) in [5, 5.41) is 14.8. The lowest BCUT2D eigenvalue weighted by atomic mass is 9.92. The Morgan fingerprint density at radius 2 is 1.60 bits per heavy atom. The highest BCUT2D eigenvalue weighted by Gasteiger charge is 2.36. The van der Waals surface area contributed by atoms with Crippen LogP contribution in [0.3, 0.4) is 0 Å². The zero-order chi connectivity index (χ0) is 34.1. The Morgan fingerprint density at radius 1 is 0.936 bits per heavy atom. The van der Waals surface area contributed by atoms with E-state index in [1.165, 1.54) is 0 Å². The van der Waals surface area contributed by atoms with E-state index in [-0.39, 0.29) is 31.1 Å². The standard InChI is InChI=1S/C36H42Cl4N2O5/c1-22(2)28(36(44)45)13-14-41-20-26(35(43)42(27-11-12-27)21-25-8-6-9-29(37)33(25)40)19-24-7-4-5-10-32(24)46-15-16-47-34-30(38)17-23(3)18-31(34)39/h4-10,17-18,22,26-28,41H,11-16,19-21H2,1-3H3,(H,44,45)/t26?,28-/m0/s1. The second-order valence-electron chi connectivity index (χ2n) is 12.4. The number of hydrogen-bond donors (Lipinski definition) is 2. The van der Waals surface area contributed by atoms with E-state index in [4.69, 9.17) is 55.9 Å². The Labute approximate surface area is 297 Å². The quantitative estimate of drug-likeness (QED) is 0.128. The number of nitrogens with one attached hydrogen (secondary N) is 1. The van der Waals surface area contributed by atoms with E-state index in [9.17, 15) is 14.7 Å². The van der Waals surface area contributed by atoms with Crippen molar-refractivity contribution in [1.82, 2.24) is 10.2 Å². The minimum absolute atomic E-state index is 0.00326. The minimum Gasteiger partial charge on any atom is -0.490 e. The molecule has 7 nitrogen and oxygen atoms in total. The number of hydrogen-bond acceptors (Lipinski definition) is 5. The first-order valence-corrected chi connectivity index (χ1v) is 17.4. The molecule has 1 unspecified atom stereocenters. The van der Waals surface area contributed by atoms with Crippen molar-refractivity contribution in [3.63, 3.8) is 0 Å². The number of aryl methyl sites for hydroxylation is 1. The molecule has 2 N–H and O–H groups in total. The molecule has 0 radical (unpaired) electrons. The van der Waals surface area contributed by atoms with Gasteiger partial charge in [0.2, 0.25) is 5.91 Å². The van der Waals surface area contributed by atoms with E-state index < -0.39 is 17.8 Å². The first-order valence-electron chi connectivity index (χ1n) is 15.9. The molecule has 2 atom stereocenters. The van der Waals surface area contributed by atoms with Crippen LogP contribution >= 0.6 is 46.4 Å². The van der Waals surface area contributed by atoms with Crippen molar-refractivity contribution in [2.24, 2.45) is 17.8 Å². The number of carboxylic acids is 1. The van der Waals surface area contributed by atoms with Gasteiger partial charge >= 0.3 is 5.97 Å². The first kappa shape index (κ1) is 37.1. The van der Waals surface area contributed by atoms with Gasteiger partial charge in [-0.25, -0.2) is 0 Å². The van der Waals surface area contributed by atoms with Crippen LogP contribution in [0.5, 0.6) is 11.5 Å². The van der Waals surface area contributed by atoms with Crippen LogP contribution in [0.15, 0.2) is 54.6 Å². The van der Waals surface area contributed by atoms with Gasteiger partial charge in [-0.15, -0.1) is 0 Å². The third kappa shape index (κ3) is 10.7. The van der Waals surface area contributed by atoms with Gasteiger partial charge in [0.15, 0.2) is 5.75 Å². The van der Waals surface area contributed by atoms with Crippen LogP contribution in [0.25, 0.3) is 0 Å². The summed E-state index contributed by atoms with van der Waals surface area (Å²) >= 11 is 25.5. The van der Waals surface area contributed by atoms with Crippen molar-refractivity contribution in [3.8, 4) is 11.5 Å². The number of nitrogens with zero attached hydrogens (tertiary/aromatic N) is 1. The molecule has 4 rings (SSSR count). The van der Waals surface area contributed by atoms with Gasteiger partial charge in [0.25, 0.3) is 0 Å². The summed E-state index contributed by atoms with van der Waals surface area (Å²) in [6, 6.07) is 16.8. The number of carboxylic acid groups (broad SMARTS) is 1. The number of aliphatic carboxylic acids is 1. The Bertz CT molecular complexity index is 1510. The number of carbonyl (C=O) groups is 2. The molecule has 0 aliphatic heterocycles. The molecular weight excluding hydrogens is 682 g/mol. The lowest BCUT2D eigenvalue weighted by Gasteiger charge is -2.29. The fourth-order valence-electron chi connectivity index (χ4n) is 5.58. The SMILES string of the molecule is Cc1cc(Cl)c(OCCOc2ccccc2CC(CNCC[C@H](C(=O)O)C(C)C)C(=O)N(Cc2cccc(Cl)c2Cl)C2CC2)c(Cl)c1. The summed E-state index contributed by atoms with van der Waals surface area (Å²) in [4.78, 5) is 28.0.